The van der Waals surface area contributed by atoms with Crippen molar-refractivity contribution >= 4 is 28.2 Å². The number of anilines is 1. The van der Waals surface area contributed by atoms with Crippen LogP contribution in [0.25, 0.3) is 11.5 Å². The lowest BCUT2D eigenvalue weighted by molar-refractivity contribution is 0.413. The average molecular weight is 308 g/mol. The molecule has 0 spiro atoms. The fourth-order valence-electron chi connectivity index (χ4n) is 1.54. The van der Waals surface area contributed by atoms with E-state index in [0.717, 1.165) is 21.7 Å². The molecule has 0 saturated heterocycles. The lowest BCUT2D eigenvalue weighted by Gasteiger charge is -1.92. The highest BCUT2D eigenvalue weighted by Crippen LogP contribution is 2.29. The Kier molecular flexibility index (Phi) is 4.03. The first-order valence-corrected chi connectivity index (χ1v) is 7.85. The molecule has 104 valence electrons. The molecular formula is C12H12N4O2S2. The van der Waals surface area contributed by atoms with E-state index in [2.05, 4.69) is 20.7 Å². The van der Waals surface area contributed by atoms with Gasteiger partial charge in [-0.05, 0) is 19.1 Å². The maximum atomic E-state index is 5.26. The Morgan fingerprint density at radius 1 is 1.35 bits per heavy atom. The van der Waals surface area contributed by atoms with Crippen LogP contribution in [0.4, 0.5) is 5.13 Å². The van der Waals surface area contributed by atoms with Gasteiger partial charge in [-0.1, -0.05) is 28.3 Å². The third kappa shape index (κ3) is 3.02. The molecule has 3 aromatic heterocycles. The van der Waals surface area contributed by atoms with Gasteiger partial charge >= 0.3 is 0 Å². The molecular weight excluding hydrogens is 296 g/mol. The number of rotatable bonds is 6. The zero-order valence-corrected chi connectivity index (χ0v) is 12.3. The smallest absolute Gasteiger partial charge is 0.206 e. The summed E-state index contributed by atoms with van der Waals surface area (Å²) in [7, 11) is 0. The van der Waals surface area contributed by atoms with Gasteiger partial charge in [-0.25, -0.2) is 0 Å². The fraction of sp³-hybridized carbons (Fsp3) is 0.250. The first kappa shape index (κ1) is 13.2. The van der Waals surface area contributed by atoms with Crippen molar-refractivity contribution in [3.8, 4) is 11.5 Å². The van der Waals surface area contributed by atoms with Crippen LogP contribution < -0.4 is 5.32 Å². The van der Waals surface area contributed by atoms with Crippen molar-refractivity contribution in [3.05, 3.63) is 30.2 Å². The minimum atomic E-state index is 0.635. The first-order chi connectivity index (χ1) is 9.85. The number of nitrogens with zero attached hydrogens (tertiary/aromatic N) is 3. The monoisotopic (exact) mass is 308 g/mol. The largest absolute Gasteiger partial charge is 0.461 e. The van der Waals surface area contributed by atoms with Gasteiger partial charge in [-0.2, -0.15) is 0 Å². The normalized spacial score (nSPS) is 10.8. The average Bonchev–Trinajstić information content (AvgIpc) is 3.18. The van der Waals surface area contributed by atoms with Crippen LogP contribution in [0.1, 0.15) is 12.6 Å². The summed E-state index contributed by atoms with van der Waals surface area (Å²) in [5.74, 6) is 2.00. The molecule has 6 nitrogen and oxygen atoms in total. The van der Waals surface area contributed by atoms with E-state index in [-0.39, 0.29) is 0 Å². The van der Waals surface area contributed by atoms with Crippen molar-refractivity contribution in [1.82, 2.24) is 15.4 Å². The minimum absolute atomic E-state index is 0.635. The highest BCUT2D eigenvalue weighted by molar-refractivity contribution is 8.00. The van der Waals surface area contributed by atoms with Crippen molar-refractivity contribution in [2.24, 2.45) is 0 Å². The number of furan rings is 1. The second-order valence-electron chi connectivity index (χ2n) is 3.85. The standard InChI is InChI=1S/C12H12N4O2S2/c1-2-13-11-14-15-12(20-11)19-7-8-6-10(18-16-8)9-4-3-5-17-9/h3-6H,2,7H2,1H3,(H,13,14). The summed E-state index contributed by atoms with van der Waals surface area (Å²) in [6.07, 6.45) is 1.61. The zero-order chi connectivity index (χ0) is 13.8. The summed E-state index contributed by atoms with van der Waals surface area (Å²) in [4.78, 5) is 0. The molecule has 0 amide bonds. The molecule has 8 heteroatoms. The molecule has 0 unspecified atom stereocenters. The van der Waals surface area contributed by atoms with Crippen LogP contribution in [0.3, 0.4) is 0 Å². The van der Waals surface area contributed by atoms with Gasteiger partial charge in [0.15, 0.2) is 10.1 Å². The molecule has 20 heavy (non-hydrogen) atoms. The topological polar surface area (TPSA) is 77.0 Å². The lowest BCUT2D eigenvalue weighted by atomic mass is 10.3. The van der Waals surface area contributed by atoms with E-state index in [1.807, 2.05) is 25.1 Å². The molecule has 0 saturated carbocycles. The molecule has 3 rings (SSSR count). The van der Waals surface area contributed by atoms with Crippen LogP contribution in [0, 0.1) is 0 Å². The Balaban J connectivity index is 1.60. The van der Waals surface area contributed by atoms with Gasteiger partial charge in [0.1, 0.15) is 0 Å². The third-order valence-corrected chi connectivity index (χ3v) is 4.45. The predicted molar refractivity (Wildman–Crippen MR) is 77.8 cm³/mol. The van der Waals surface area contributed by atoms with Crippen LogP contribution in [0.5, 0.6) is 0 Å². The van der Waals surface area contributed by atoms with Crippen LogP contribution in [-0.4, -0.2) is 21.9 Å². The van der Waals surface area contributed by atoms with E-state index < -0.39 is 0 Å². The Morgan fingerprint density at radius 2 is 2.30 bits per heavy atom. The van der Waals surface area contributed by atoms with Gasteiger partial charge in [0, 0.05) is 18.4 Å². The van der Waals surface area contributed by atoms with Gasteiger partial charge in [0.25, 0.3) is 0 Å². The molecule has 0 radical (unpaired) electrons. The molecule has 0 aliphatic heterocycles. The van der Waals surface area contributed by atoms with Gasteiger partial charge in [-0.15, -0.1) is 10.2 Å². The zero-order valence-electron chi connectivity index (χ0n) is 10.7. The third-order valence-electron chi connectivity index (χ3n) is 2.40. The molecule has 1 N–H and O–H groups in total. The second-order valence-corrected chi connectivity index (χ2v) is 6.05. The van der Waals surface area contributed by atoms with E-state index in [4.69, 9.17) is 8.94 Å². The summed E-state index contributed by atoms with van der Waals surface area (Å²) in [5.41, 5.74) is 0.849. The van der Waals surface area contributed by atoms with Crippen molar-refractivity contribution < 1.29 is 8.94 Å². The number of thioether (sulfide) groups is 1. The van der Waals surface area contributed by atoms with E-state index in [1.54, 1.807) is 18.0 Å². The molecule has 0 aromatic carbocycles. The van der Waals surface area contributed by atoms with Gasteiger partial charge in [0.2, 0.25) is 10.9 Å². The summed E-state index contributed by atoms with van der Waals surface area (Å²) < 4.78 is 11.4. The molecule has 0 aliphatic rings. The van der Waals surface area contributed by atoms with Crippen LogP contribution in [-0.2, 0) is 5.75 Å². The maximum Gasteiger partial charge on any atom is 0.206 e. The highest BCUT2D eigenvalue weighted by Gasteiger charge is 2.10. The SMILES string of the molecule is CCNc1nnc(SCc2cc(-c3ccco3)on2)s1. The first-order valence-electron chi connectivity index (χ1n) is 6.05. The minimum Gasteiger partial charge on any atom is -0.461 e. The number of aromatic nitrogens is 3. The van der Waals surface area contributed by atoms with E-state index in [9.17, 15) is 0 Å². The molecule has 0 atom stereocenters. The quantitative estimate of drug-likeness (QED) is 0.698. The number of hydrogen-bond acceptors (Lipinski definition) is 8. The summed E-state index contributed by atoms with van der Waals surface area (Å²) in [6.45, 7) is 2.87. The van der Waals surface area contributed by atoms with Crippen molar-refractivity contribution in [1.29, 1.82) is 0 Å². The number of nitrogens with one attached hydrogen (secondary N) is 1. The summed E-state index contributed by atoms with van der Waals surface area (Å²) in [5, 5.41) is 16.1. The summed E-state index contributed by atoms with van der Waals surface area (Å²) in [6, 6.07) is 5.53. The molecule has 0 fully saturated rings. The Hall–Kier alpha value is -1.80. The van der Waals surface area contributed by atoms with Gasteiger partial charge in [-0.3, -0.25) is 0 Å². The second kappa shape index (κ2) is 6.10. The molecule has 3 heterocycles. The van der Waals surface area contributed by atoms with E-state index in [1.165, 1.54) is 11.3 Å². The highest BCUT2D eigenvalue weighted by atomic mass is 32.2. The molecule has 3 aromatic rings. The van der Waals surface area contributed by atoms with Crippen molar-refractivity contribution in [2.45, 2.75) is 17.0 Å². The van der Waals surface area contributed by atoms with Crippen LogP contribution in [0.2, 0.25) is 0 Å². The van der Waals surface area contributed by atoms with Gasteiger partial charge in [0.05, 0.1) is 12.0 Å². The predicted octanol–water partition coefficient (Wildman–Crippen LogP) is 3.51. The summed E-state index contributed by atoms with van der Waals surface area (Å²) >= 11 is 3.12. The lowest BCUT2D eigenvalue weighted by Crippen LogP contribution is -1.94. The molecule has 0 aliphatic carbocycles. The van der Waals surface area contributed by atoms with E-state index >= 15 is 0 Å². The fourth-order valence-corrected chi connectivity index (χ4v) is 3.24. The van der Waals surface area contributed by atoms with Gasteiger partial charge < -0.3 is 14.3 Å². The maximum absolute atomic E-state index is 5.26. The number of hydrogen-bond donors (Lipinski definition) is 1. The Labute approximate surface area is 123 Å². The Morgan fingerprint density at radius 3 is 3.10 bits per heavy atom. The van der Waals surface area contributed by atoms with Crippen LogP contribution >= 0.6 is 23.1 Å². The Bertz CT molecular complexity index is 663. The van der Waals surface area contributed by atoms with Crippen molar-refractivity contribution in [2.75, 3.05) is 11.9 Å². The molecule has 0 bridgehead atoms. The van der Waals surface area contributed by atoms with Crippen LogP contribution in [0.15, 0.2) is 37.7 Å². The van der Waals surface area contributed by atoms with E-state index in [0.29, 0.717) is 17.3 Å². The van der Waals surface area contributed by atoms with Crippen molar-refractivity contribution in [3.63, 3.8) is 0 Å².